The molecule has 5 rings (SSSR count). The fourth-order valence-corrected chi connectivity index (χ4v) is 5.01. The minimum atomic E-state index is -3.33. The molecule has 0 spiro atoms. The van der Waals surface area contributed by atoms with Crippen molar-refractivity contribution in [3.63, 3.8) is 0 Å². The monoisotopic (exact) mass is 520 g/mol. The summed E-state index contributed by atoms with van der Waals surface area (Å²) in [5.74, 6) is 0.542. The summed E-state index contributed by atoms with van der Waals surface area (Å²) >= 11 is 0. The van der Waals surface area contributed by atoms with Crippen LogP contribution >= 0.6 is 0 Å². The number of nitrogens with zero attached hydrogens (tertiary/aromatic N) is 7. The molecule has 12 heteroatoms. The minimum absolute atomic E-state index is 0.00572. The van der Waals surface area contributed by atoms with E-state index in [4.69, 9.17) is 4.98 Å². The molecule has 11 nitrogen and oxygen atoms in total. The van der Waals surface area contributed by atoms with Crippen LogP contribution in [0.5, 0.6) is 0 Å². The minimum Gasteiger partial charge on any atom is -0.360 e. The van der Waals surface area contributed by atoms with Crippen molar-refractivity contribution in [2.24, 2.45) is 0 Å². The van der Waals surface area contributed by atoms with Crippen molar-refractivity contribution in [2.75, 3.05) is 11.1 Å². The van der Waals surface area contributed by atoms with Crippen molar-refractivity contribution in [1.29, 1.82) is 0 Å². The molecule has 37 heavy (non-hydrogen) atoms. The number of hydrogen-bond donors (Lipinski definition) is 1. The SMILES string of the molecule is CCCn1c(=O)c(NCc2ccc(S(=O)(=O)CC)cn2)nc2ncc(-c3c(C)ncnc3C3CC3)nc21. The van der Waals surface area contributed by atoms with Crippen LogP contribution in [0.4, 0.5) is 5.82 Å². The summed E-state index contributed by atoms with van der Waals surface area (Å²) < 4.78 is 25.6. The van der Waals surface area contributed by atoms with Gasteiger partial charge >= 0.3 is 0 Å². The first-order chi connectivity index (χ1) is 17.8. The molecule has 1 N–H and O–H groups in total. The van der Waals surface area contributed by atoms with E-state index in [0.717, 1.165) is 36.2 Å². The largest absolute Gasteiger partial charge is 0.360 e. The molecule has 0 saturated heterocycles. The van der Waals surface area contributed by atoms with Gasteiger partial charge in [-0.3, -0.25) is 14.3 Å². The zero-order chi connectivity index (χ0) is 26.2. The summed E-state index contributed by atoms with van der Waals surface area (Å²) in [5.41, 5.74) is 4.32. The molecule has 1 aliphatic carbocycles. The second-order valence-electron chi connectivity index (χ2n) is 9.06. The van der Waals surface area contributed by atoms with Crippen molar-refractivity contribution in [2.45, 2.75) is 63.9 Å². The smallest absolute Gasteiger partial charge is 0.295 e. The number of nitrogens with one attached hydrogen (secondary N) is 1. The van der Waals surface area contributed by atoms with E-state index in [2.05, 4.69) is 30.2 Å². The zero-order valence-electron chi connectivity index (χ0n) is 21.0. The third kappa shape index (κ3) is 4.93. The first kappa shape index (κ1) is 24.9. The van der Waals surface area contributed by atoms with Crippen molar-refractivity contribution < 1.29 is 8.42 Å². The fourth-order valence-electron chi connectivity index (χ4n) is 4.19. The number of anilines is 1. The lowest BCUT2D eigenvalue weighted by molar-refractivity contribution is 0.596. The van der Waals surface area contributed by atoms with Crippen molar-refractivity contribution in [3.05, 3.63) is 58.3 Å². The van der Waals surface area contributed by atoms with Gasteiger partial charge in [0, 0.05) is 24.2 Å². The molecule has 1 aliphatic rings. The topological polar surface area (TPSA) is 146 Å². The Balaban J connectivity index is 1.49. The zero-order valence-corrected chi connectivity index (χ0v) is 21.8. The fraction of sp³-hybridized carbons (Fsp3) is 0.400. The van der Waals surface area contributed by atoms with Crippen molar-refractivity contribution in [3.8, 4) is 11.3 Å². The van der Waals surface area contributed by atoms with E-state index < -0.39 is 9.84 Å². The highest BCUT2D eigenvalue weighted by Crippen LogP contribution is 2.43. The summed E-state index contributed by atoms with van der Waals surface area (Å²) in [5, 5.41) is 3.04. The van der Waals surface area contributed by atoms with Crippen LogP contribution in [-0.4, -0.2) is 48.6 Å². The Labute approximate surface area is 214 Å². The highest BCUT2D eigenvalue weighted by atomic mass is 32.2. The molecule has 0 aliphatic heterocycles. The van der Waals surface area contributed by atoms with Gasteiger partial charge in [0.15, 0.2) is 26.9 Å². The third-order valence-corrected chi connectivity index (χ3v) is 8.08. The Kier molecular flexibility index (Phi) is 6.67. The Hall–Kier alpha value is -3.80. The van der Waals surface area contributed by atoms with Crippen molar-refractivity contribution in [1.82, 2.24) is 34.5 Å². The van der Waals surface area contributed by atoms with E-state index in [1.807, 2.05) is 13.8 Å². The molecule has 0 bridgehead atoms. The molecule has 4 aromatic rings. The molecule has 0 amide bonds. The number of fused-ring (bicyclic) bond motifs is 1. The Morgan fingerprint density at radius 3 is 2.54 bits per heavy atom. The van der Waals surface area contributed by atoms with Gasteiger partial charge < -0.3 is 5.32 Å². The molecular weight excluding hydrogens is 492 g/mol. The van der Waals surface area contributed by atoms with E-state index in [1.54, 1.807) is 30.1 Å². The molecule has 0 aromatic carbocycles. The lowest BCUT2D eigenvalue weighted by atomic mass is 10.1. The van der Waals surface area contributed by atoms with E-state index in [0.29, 0.717) is 35.1 Å². The normalized spacial score (nSPS) is 13.7. The maximum atomic E-state index is 13.4. The number of aromatic nitrogens is 7. The molecule has 1 fully saturated rings. The molecule has 0 radical (unpaired) electrons. The Bertz CT molecular complexity index is 1630. The summed E-state index contributed by atoms with van der Waals surface area (Å²) in [6, 6.07) is 3.14. The summed E-state index contributed by atoms with van der Waals surface area (Å²) in [4.78, 5) is 40.5. The summed E-state index contributed by atoms with van der Waals surface area (Å²) in [6.07, 6.45) is 7.48. The van der Waals surface area contributed by atoms with Crippen LogP contribution in [0.2, 0.25) is 0 Å². The maximum absolute atomic E-state index is 13.4. The second kappa shape index (κ2) is 9.92. The van der Waals surface area contributed by atoms with Gasteiger partial charge in [-0.25, -0.2) is 33.3 Å². The van der Waals surface area contributed by atoms with Gasteiger partial charge in [0.05, 0.1) is 46.2 Å². The highest BCUT2D eigenvalue weighted by molar-refractivity contribution is 7.91. The quantitative estimate of drug-likeness (QED) is 0.349. The van der Waals surface area contributed by atoms with Gasteiger partial charge in [0.1, 0.15) is 6.33 Å². The van der Waals surface area contributed by atoms with Gasteiger partial charge in [-0.1, -0.05) is 13.8 Å². The van der Waals surface area contributed by atoms with E-state index >= 15 is 0 Å². The first-order valence-electron chi connectivity index (χ1n) is 12.3. The summed E-state index contributed by atoms with van der Waals surface area (Å²) in [7, 11) is -3.33. The van der Waals surface area contributed by atoms with Crippen LogP contribution in [0.25, 0.3) is 22.6 Å². The standard InChI is InChI=1S/C25H28N8O3S/c1-4-10-33-24-22(28-13-19(31-24)20-15(3)29-14-30-21(20)16-6-7-16)32-23(25(33)34)27-11-17-8-9-18(12-26-17)37(35,36)5-2/h8-9,12-14,16H,4-7,10-11H2,1-3H3,(H,27,28,32). The van der Waals surface area contributed by atoms with Gasteiger partial charge in [-0.2, -0.15) is 0 Å². The summed E-state index contributed by atoms with van der Waals surface area (Å²) in [6.45, 7) is 6.15. The van der Waals surface area contributed by atoms with E-state index in [9.17, 15) is 13.2 Å². The number of sulfone groups is 1. The van der Waals surface area contributed by atoms with Gasteiger partial charge in [-0.05, 0) is 38.3 Å². The molecule has 0 atom stereocenters. The Morgan fingerprint density at radius 1 is 1.05 bits per heavy atom. The van der Waals surface area contributed by atoms with Gasteiger partial charge in [-0.15, -0.1) is 0 Å². The highest BCUT2D eigenvalue weighted by Gasteiger charge is 2.30. The first-order valence-corrected chi connectivity index (χ1v) is 14.0. The van der Waals surface area contributed by atoms with Crippen LogP contribution in [0.15, 0.2) is 40.5 Å². The van der Waals surface area contributed by atoms with Crippen molar-refractivity contribution >= 4 is 26.9 Å². The molecule has 192 valence electrons. The second-order valence-corrected chi connectivity index (χ2v) is 11.3. The molecule has 0 unspecified atom stereocenters. The van der Waals surface area contributed by atoms with Crippen LogP contribution in [0.1, 0.15) is 56.1 Å². The van der Waals surface area contributed by atoms with Crippen LogP contribution < -0.4 is 10.9 Å². The number of aryl methyl sites for hydroxylation is 2. The van der Waals surface area contributed by atoms with E-state index in [1.165, 1.54) is 12.3 Å². The van der Waals surface area contributed by atoms with Gasteiger partial charge in [0.25, 0.3) is 5.56 Å². The number of pyridine rings is 1. The lowest BCUT2D eigenvalue weighted by Crippen LogP contribution is -2.26. The molecule has 4 heterocycles. The number of hydrogen-bond acceptors (Lipinski definition) is 10. The molecule has 1 saturated carbocycles. The van der Waals surface area contributed by atoms with E-state index in [-0.39, 0.29) is 28.6 Å². The maximum Gasteiger partial charge on any atom is 0.295 e. The average molecular weight is 521 g/mol. The lowest BCUT2D eigenvalue weighted by Gasteiger charge is -2.14. The van der Waals surface area contributed by atoms with Crippen LogP contribution in [-0.2, 0) is 22.9 Å². The van der Waals surface area contributed by atoms with Crippen LogP contribution in [0.3, 0.4) is 0 Å². The predicted octanol–water partition coefficient (Wildman–Crippen LogP) is 3.04. The van der Waals surface area contributed by atoms with Crippen LogP contribution in [0, 0.1) is 6.92 Å². The van der Waals surface area contributed by atoms with Gasteiger partial charge in [0.2, 0.25) is 0 Å². The molecular formula is C25H28N8O3S. The molecule has 4 aromatic heterocycles. The third-order valence-electron chi connectivity index (χ3n) is 6.36. The number of rotatable bonds is 9. The average Bonchev–Trinajstić information content (AvgIpc) is 3.75. The Morgan fingerprint density at radius 2 is 1.86 bits per heavy atom. The predicted molar refractivity (Wildman–Crippen MR) is 139 cm³/mol.